The van der Waals surface area contributed by atoms with E-state index in [2.05, 4.69) is 6.58 Å². The topological polar surface area (TPSA) is 76.1 Å². The Morgan fingerprint density at radius 1 is 1.33 bits per heavy atom. The van der Waals surface area contributed by atoms with E-state index in [1.54, 1.807) is 6.07 Å². The first kappa shape index (κ1) is 20.9. The van der Waals surface area contributed by atoms with Crippen LogP contribution in [-0.4, -0.2) is 16.1 Å². The SMILES string of the molecule is C=C1CC(F)(F)CC/C([SH](N)(=O)CF)=C\C=C/1Oc1cc(F)cc(C#N)c1. The standard InChI is InChI=1S/C18H18F4N2O2S/c1-12-9-18(21,22)5-4-16(27(24,25)11-19)2-3-17(12)26-15-7-13(10-23)6-14(20)8-15/h2-3,6-8,27H,1,4-5,9,11H2,(H2,24,25)/b16-2+,17-3+. The van der Waals surface area contributed by atoms with Gasteiger partial charge in [0.15, 0.2) is 6.01 Å². The van der Waals surface area contributed by atoms with Crippen LogP contribution in [0.4, 0.5) is 17.6 Å². The zero-order chi connectivity index (χ0) is 20.2. The minimum absolute atomic E-state index is 0.0234. The van der Waals surface area contributed by atoms with Crippen molar-refractivity contribution >= 4 is 10.1 Å². The lowest BCUT2D eigenvalue weighted by molar-refractivity contribution is -0.00641. The summed E-state index contributed by atoms with van der Waals surface area (Å²) in [6.45, 7) is 3.57. The van der Waals surface area contributed by atoms with E-state index in [-0.39, 0.29) is 34.0 Å². The van der Waals surface area contributed by atoms with Crippen molar-refractivity contribution in [3.63, 3.8) is 0 Å². The normalized spacial score (nSPS) is 22.1. The quantitative estimate of drug-likeness (QED) is 0.590. The summed E-state index contributed by atoms with van der Waals surface area (Å²) >= 11 is 0. The number of ether oxygens (including phenoxy) is 1. The lowest BCUT2D eigenvalue weighted by atomic mass is 10.0. The predicted molar refractivity (Wildman–Crippen MR) is 95.5 cm³/mol. The molecule has 4 nitrogen and oxygen atoms in total. The third-order valence-corrected chi connectivity index (χ3v) is 5.59. The molecule has 146 valence electrons. The van der Waals surface area contributed by atoms with E-state index in [0.717, 1.165) is 12.1 Å². The van der Waals surface area contributed by atoms with Crippen molar-refractivity contribution in [1.29, 1.82) is 5.26 Å². The summed E-state index contributed by atoms with van der Waals surface area (Å²) in [5, 5.41) is 14.3. The van der Waals surface area contributed by atoms with Gasteiger partial charge >= 0.3 is 0 Å². The third-order valence-electron chi connectivity index (χ3n) is 3.89. The maximum atomic E-state index is 14.1. The van der Waals surface area contributed by atoms with Crippen LogP contribution in [0.5, 0.6) is 5.75 Å². The summed E-state index contributed by atoms with van der Waals surface area (Å²) in [7, 11) is -3.89. The van der Waals surface area contributed by atoms with Gasteiger partial charge in [-0.05, 0) is 46.4 Å². The zero-order valence-electron chi connectivity index (χ0n) is 14.2. The van der Waals surface area contributed by atoms with Gasteiger partial charge in [0, 0.05) is 23.8 Å². The van der Waals surface area contributed by atoms with Crippen molar-refractivity contribution in [2.75, 3.05) is 6.01 Å². The summed E-state index contributed by atoms with van der Waals surface area (Å²) in [6, 6.07) is 3.57. The van der Waals surface area contributed by atoms with Crippen molar-refractivity contribution in [1.82, 2.24) is 0 Å². The molecule has 0 heterocycles. The van der Waals surface area contributed by atoms with Gasteiger partial charge in [-0.25, -0.2) is 17.6 Å². The fourth-order valence-corrected chi connectivity index (χ4v) is 3.45. The highest BCUT2D eigenvalue weighted by Crippen LogP contribution is 2.35. The average Bonchev–Trinajstić information content (AvgIpc) is 2.63. The summed E-state index contributed by atoms with van der Waals surface area (Å²) in [4.78, 5) is -0.141. The maximum absolute atomic E-state index is 14.1. The van der Waals surface area contributed by atoms with Crippen LogP contribution < -0.4 is 9.88 Å². The summed E-state index contributed by atoms with van der Waals surface area (Å²) < 4.78 is 72.4. The fourth-order valence-electron chi connectivity index (χ4n) is 2.48. The van der Waals surface area contributed by atoms with Crippen LogP contribution in [0, 0.1) is 17.1 Å². The Bertz CT molecular complexity index is 903. The molecular formula is C18H18F4N2O2S. The van der Waals surface area contributed by atoms with Crippen molar-refractivity contribution < 1.29 is 26.5 Å². The number of allylic oxidation sites excluding steroid dienone is 4. The molecule has 0 amide bonds. The van der Waals surface area contributed by atoms with E-state index < -0.39 is 40.7 Å². The van der Waals surface area contributed by atoms with Gasteiger partial charge < -0.3 is 4.74 Å². The number of hydrogen-bond acceptors (Lipinski definition) is 3. The number of nitrogens with zero attached hydrogens (tertiary/aromatic N) is 1. The van der Waals surface area contributed by atoms with Crippen molar-refractivity contribution in [2.45, 2.75) is 25.2 Å². The Hall–Kier alpha value is -2.44. The number of benzene rings is 1. The number of nitriles is 1. The Labute approximate surface area is 155 Å². The van der Waals surface area contributed by atoms with Crippen molar-refractivity contribution in [2.24, 2.45) is 5.14 Å². The van der Waals surface area contributed by atoms with E-state index in [1.165, 1.54) is 18.2 Å². The minimum Gasteiger partial charge on any atom is -0.457 e. The number of nitrogens with two attached hydrogens (primary N) is 1. The summed E-state index contributed by atoms with van der Waals surface area (Å²) in [6.07, 6.45) is 0.585. The van der Waals surface area contributed by atoms with Crippen LogP contribution in [-0.2, 0) is 10.1 Å². The van der Waals surface area contributed by atoms with Gasteiger partial charge in [-0.15, -0.1) is 0 Å². The molecule has 0 atom stereocenters. The van der Waals surface area contributed by atoms with Crippen molar-refractivity contribution in [3.8, 4) is 11.8 Å². The molecule has 0 spiro atoms. The second-order valence-electron chi connectivity index (χ2n) is 6.13. The smallest absolute Gasteiger partial charge is 0.252 e. The molecule has 2 rings (SSSR count). The highest BCUT2D eigenvalue weighted by atomic mass is 32.3. The zero-order valence-corrected chi connectivity index (χ0v) is 15.1. The van der Waals surface area contributed by atoms with Gasteiger partial charge in [-0.2, -0.15) is 5.26 Å². The molecule has 1 aliphatic rings. The lowest BCUT2D eigenvalue weighted by Gasteiger charge is -2.21. The van der Waals surface area contributed by atoms with E-state index in [0.29, 0.717) is 0 Å². The lowest BCUT2D eigenvalue weighted by Crippen LogP contribution is -2.28. The summed E-state index contributed by atoms with van der Waals surface area (Å²) in [5.74, 6) is -4.21. The molecule has 0 aromatic heterocycles. The molecule has 0 bridgehead atoms. The highest BCUT2D eigenvalue weighted by molar-refractivity contribution is 8.04. The minimum atomic E-state index is -3.89. The Morgan fingerprint density at radius 2 is 2.04 bits per heavy atom. The average molecular weight is 402 g/mol. The van der Waals surface area contributed by atoms with Crippen LogP contribution >= 0.6 is 0 Å². The molecule has 9 heteroatoms. The van der Waals surface area contributed by atoms with Crippen LogP contribution in [0.25, 0.3) is 0 Å². The number of alkyl halides is 3. The number of rotatable bonds is 4. The van der Waals surface area contributed by atoms with Gasteiger partial charge in [-0.3, -0.25) is 9.35 Å². The largest absolute Gasteiger partial charge is 0.457 e. The first-order valence-electron chi connectivity index (χ1n) is 7.86. The van der Waals surface area contributed by atoms with E-state index in [9.17, 15) is 21.8 Å². The Morgan fingerprint density at radius 3 is 2.67 bits per heavy atom. The number of thiol groups is 1. The van der Waals surface area contributed by atoms with E-state index >= 15 is 0 Å². The van der Waals surface area contributed by atoms with Crippen LogP contribution in [0.15, 0.2) is 53.2 Å². The molecule has 27 heavy (non-hydrogen) atoms. The molecule has 0 saturated carbocycles. The highest BCUT2D eigenvalue weighted by Gasteiger charge is 2.33. The van der Waals surface area contributed by atoms with Gasteiger partial charge in [0.1, 0.15) is 17.3 Å². The molecule has 0 unspecified atom stereocenters. The molecule has 0 saturated heterocycles. The van der Waals surface area contributed by atoms with Gasteiger partial charge in [0.05, 0.1) is 11.6 Å². The molecule has 1 aliphatic carbocycles. The Kier molecular flexibility index (Phi) is 6.23. The predicted octanol–water partition coefficient (Wildman–Crippen LogP) is 4.04. The molecular weight excluding hydrogens is 384 g/mol. The molecule has 2 N–H and O–H groups in total. The van der Waals surface area contributed by atoms with E-state index in [1.807, 2.05) is 0 Å². The second kappa shape index (κ2) is 8.06. The summed E-state index contributed by atoms with van der Waals surface area (Å²) in [5.41, 5.74) is -0.114. The molecule has 0 aliphatic heterocycles. The van der Waals surface area contributed by atoms with Crippen LogP contribution in [0.2, 0.25) is 0 Å². The van der Waals surface area contributed by atoms with Gasteiger partial charge in [0.2, 0.25) is 0 Å². The number of hydrogen-bond donors (Lipinski definition) is 2. The second-order valence-corrected chi connectivity index (χ2v) is 8.53. The molecule has 0 fully saturated rings. The van der Waals surface area contributed by atoms with Gasteiger partial charge in [0.25, 0.3) is 5.92 Å². The molecule has 1 aromatic carbocycles. The Balaban J connectivity index is 2.47. The molecule has 0 radical (unpaired) electrons. The fraction of sp³-hybridized carbons (Fsp3) is 0.278. The molecule has 1 aromatic rings. The van der Waals surface area contributed by atoms with Crippen molar-refractivity contribution in [3.05, 3.63) is 64.5 Å². The van der Waals surface area contributed by atoms with Crippen LogP contribution in [0.1, 0.15) is 24.8 Å². The first-order valence-corrected chi connectivity index (χ1v) is 9.82. The number of halogens is 4. The maximum Gasteiger partial charge on any atom is 0.252 e. The third kappa shape index (κ3) is 5.52. The van der Waals surface area contributed by atoms with Crippen LogP contribution in [0.3, 0.4) is 0 Å². The van der Waals surface area contributed by atoms with E-state index in [4.69, 9.17) is 15.1 Å². The first-order chi connectivity index (χ1) is 12.6. The monoisotopic (exact) mass is 402 g/mol. The van der Waals surface area contributed by atoms with Gasteiger partial charge in [-0.1, -0.05) is 6.58 Å².